The number of aldehydes is 1. The highest BCUT2D eigenvalue weighted by atomic mass is 16.1. The molecule has 35 heavy (non-hydrogen) atoms. The number of hydrogen-bond donors (Lipinski definition) is 2. The highest BCUT2D eigenvalue weighted by molar-refractivity contribution is 5.92. The molecule has 2 aromatic carbocycles. The first-order chi connectivity index (χ1) is 16.6. The summed E-state index contributed by atoms with van der Waals surface area (Å²) in [6.07, 6.45) is 8.39. The topological polar surface area (TPSA) is 60.0 Å². The fourth-order valence-corrected chi connectivity index (χ4v) is 4.65. The third-order valence-electron chi connectivity index (χ3n) is 6.59. The van der Waals surface area contributed by atoms with Gasteiger partial charge in [-0.1, -0.05) is 48.1 Å². The zero-order chi connectivity index (χ0) is 25.7. The molecule has 1 aromatic heterocycles. The van der Waals surface area contributed by atoms with E-state index in [1.54, 1.807) is 6.20 Å². The number of hydrogen-bond acceptors (Lipinski definition) is 3. The summed E-state index contributed by atoms with van der Waals surface area (Å²) in [6.45, 7) is 16.8. The normalized spacial score (nSPS) is 13.7. The number of nitrogens with zero attached hydrogens (tertiary/aromatic N) is 1. The van der Waals surface area contributed by atoms with E-state index >= 15 is 0 Å². The van der Waals surface area contributed by atoms with Crippen molar-refractivity contribution >= 4 is 17.2 Å². The van der Waals surface area contributed by atoms with E-state index in [2.05, 4.69) is 107 Å². The molecule has 4 heteroatoms. The molecule has 1 unspecified atom stereocenters. The van der Waals surface area contributed by atoms with Gasteiger partial charge in [0.05, 0.1) is 6.04 Å². The van der Waals surface area contributed by atoms with Crippen molar-refractivity contribution in [2.75, 3.05) is 0 Å². The van der Waals surface area contributed by atoms with Gasteiger partial charge in [-0.2, -0.15) is 0 Å². The molecule has 1 atom stereocenters. The number of allylic oxidation sites excluding steroid dienone is 4. The second-order valence-corrected chi connectivity index (χ2v) is 9.86. The predicted molar refractivity (Wildman–Crippen MR) is 149 cm³/mol. The maximum Gasteiger partial charge on any atom is 0.137 e. The summed E-state index contributed by atoms with van der Waals surface area (Å²) < 4.78 is 2.37. The Morgan fingerprint density at radius 1 is 1.11 bits per heavy atom. The van der Waals surface area contributed by atoms with Crippen molar-refractivity contribution in [3.8, 4) is 11.1 Å². The van der Waals surface area contributed by atoms with Gasteiger partial charge in [0, 0.05) is 28.8 Å². The van der Waals surface area contributed by atoms with Crippen molar-refractivity contribution in [2.45, 2.75) is 66.5 Å². The first-order valence-electron chi connectivity index (χ1n) is 12.3. The van der Waals surface area contributed by atoms with E-state index in [1.807, 2.05) is 0 Å². The second kappa shape index (κ2) is 11.4. The van der Waals surface area contributed by atoms with Crippen LogP contribution in [-0.2, 0) is 17.6 Å². The van der Waals surface area contributed by atoms with E-state index in [9.17, 15) is 4.79 Å². The van der Waals surface area contributed by atoms with Crippen LogP contribution in [0.4, 0.5) is 0 Å². The van der Waals surface area contributed by atoms with E-state index in [0.717, 1.165) is 29.5 Å². The SMILES string of the molecule is C=CN/C(C)=C\C(C)=C(/C)Cc1cc(-c2ccc(CC(N)C=O)cc2)cc2c1c(C)cn2C(C)C. The number of carbonyl (C=O) groups is 1. The average molecular weight is 470 g/mol. The number of nitrogens with two attached hydrogens (primary N) is 1. The van der Waals surface area contributed by atoms with E-state index in [4.69, 9.17) is 5.73 Å². The maximum absolute atomic E-state index is 10.9. The first-order valence-corrected chi connectivity index (χ1v) is 12.3. The number of carbonyl (C=O) groups excluding carboxylic acids is 1. The Hall–Kier alpha value is -3.37. The van der Waals surface area contributed by atoms with Gasteiger partial charge < -0.3 is 20.4 Å². The molecule has 0 aliphatic carbocycles. The van der Waals surface area contributed by atoms with E-state index in [1.165, 1.54) is 38.7 Å². The molecular formula is C31H39N3O. The van der Waals surface area contributed by atoms with Gasteiger partial charge >= 0.3 is 0 Å². The summed E-state index contributed by atoms with van der Waals surface area (Å²) in [5, 5.41) is 4.50. The highest BCUT2D eigenvalue weighted by Crippen LogP contribution is 2.34. The Morgan fingerprint density at radius 3 is 2.40 bits per heavy atom. The van der Waals surface area contributed by atoms with Crippen molar-refractivity contribution in [2.24, 2.45) is 5.73 Å². The molecule has 0 amide bonds. The van der Waals surface area contributed by atoms with Crippen LogP contribution >= 0.6 is 0 Å². The lowest BCUT2D eigenvalue weighted by molar-refractivity contribution is -0.108. The third-order valence-corrected chi connectivity index (χ3v) is 6.59. The summed E-state index contributed by atoms with van der Waals surface area (Å²) in [4.78, 5) is 10.9. The van der Waals surface area contributed by atoms with Crippen molar-refractivity contribution in [1.29, 1.82) is 0 Å². The van der Waals surface area contributed by atoms with Gasteiger partial charge in [0.1, 0.15) is 6.29 Å². The zero-order valence-corrected chi connectivity index (χ0v) is 22.0. The predicted octanol–water partition coefficient (Wildman–Crippen LogP) is 6.78. The lowest BCUT2D eigenvalue weighted by Crippen LogP contribution is -2.23. The fourth-order valence-electron chi connectivity index (χ4n) is 4.65. The molecule has 1 heterocycles. The monoisotopic (exact) mass is 469 g/mol. The smallest absolute Gasteiger partial charge is 0.137 e. The van der Waals surface area contributed by atoms with Crippen LogP contribution in [0.15, 0.2) is 78.3 Å². The standard InChI is InChI=1S/C31H39N3O/c1-8-33-24(7)13-21(4)22(5)14-28-16-27(17-30-31(28)23(6)18-34(30)20(2)3)26-11-9-25(10-12-26)15-29(32)19-35/h8-13,16-20,29,33H,1,14-15,32H2,2-7H3/b22-21+,24-13-. The number of benzene rings is 2. The van der Waals surface area contributed by atoms with Crippen molar-refractivity contribution in [3.63, 3.8) is 0 Å². The second-order valence-electron chi connectivity index (χ2n) is 9.86. The van der Waals surface area contributed by atoms with Crippen LogP contribution in [-0.4, -0.2) is 16.9 Å². The maximum atomic E-state index is 10.9. The number of nitrogens with one attached hydrogen (secondary N) is 1. The fraction of sp³-hybridized carbons (Fsp3) is 0.323. The Labute approximate surface area is 210 Å². The molecule has 0 saturated carbocycles. The van der Waals surface area contributed by atoms with Gasteiger partial charge in [0.15, 0.2) is 0 Å². The molecule has 0 fully saturated rings. The largest absolute Gasteiger partial charge is 0.366 e. The Balaban J connectivity index is 2.11. The Kier molecular flexibility index (Phi) is 8.52. The van der Waals surface area contributed by atoms with Crippen molar-refractivity contribution in [1.82, 2.24) is 9.88 Å². The van der Waals surface area contributed by atoms with Gasteiger partial charge in [0.2, 0.25) is 0 Å². The summed E-state index contributed by atoms with van der Waals surface area (Å²) in [5.41, 5.74) is 16.8. The third kappa shape index (κ3) is 6.20. The van der Waals surface area contributed by atoms with Crippen LogP contribution in [0.25, 0.3) is 22.0 Å². The molecule has 0 spiro atoms. The molecule has 4 nitrogen and oxygen atoms in total. The molecule has 0 saturated heterocycles. The highest BCUT2D eigenvalue weighted by Gasteiger charge is 2.15. The van der Waals surface area contributed by atoms with Gasteiger partial charge in [0.25, 0.3) is 0 Å². The van der Waals surface area contributed by atoms with Crippen molar-refractivity contribution < 1.29 is 4.79 Å². The van der Waals surface area contributed by atoms with Crippen LogP contribution in [0.2, 0.25) is 0 Å². The van der Waals surface area contributed by atoms with E-state index in [-0.39, 0.29) is 0 Å². The van der Waals surface area contributed by atoms with E-state index in [0.29, 0.717) is 12.5 Å². The van der Waals surface area contributed by atoms with Crippen LogP contribution in [0.5, 0.6) is 0 Å². The van der Waals surface area contributed by atoms with Gasteiger partial charge in [-0.25, -0.2) is 0 Å². The lowest BCUT2D eigenvalue weighted by Gasteiger charge is -2.15. The van der Waals surface area contributed by atoms with E-state index < -0.39 is 6.04 Å². The summed E-state index contributed by atoms with van der Waals surface area (Å²) >= 11 is 0. The summed E-state index contributed by atoms with van der Waals surface area (Å²) in [5.74, 6) is 0. The van der Waals surface area contributed by atoms with Crippen molar-refractivity contribution in [3.05, 3.63) is 95.0 Å². The molecule has 3 rings (SSSR count). The van der Waals surface area contributed by atoms with Crippen LogP contribution in [0, 0.1) is 6.92 Å². The molecule has 0 aliphatic rings. The minimum Gasteiger partial charge on any atom is -0.366 e. The van der Waals surface area contributed by atoms with Crippen LogP contribution < -0.4 is 11.1 Å². The van der Waals surface area contributed by atoms with Gasteiger partial charge in [-0.3, -0.25) is 0 Å². The van der Waals surface area contributed by atoms with Crippen LogP contribution in [0.3, 0.4) is 0 Å². The first kappa shape index (κ1) is 26.2. The molecule has 3 N–H and O–H groups in total. The molecule has 0 bridgehead atoms. The molecule has 0 aliphatic heterocycles. The minimum atomic E-state index is -0.460. The average Bonchev–Trinajstić information content (AvgIpc) is 3.16. The molecular weight excluding hydrogens is 430 g/mol. The Bertz CT molecular complexity index is 1270. The Morgan fingerprint density at radius 2 is 1.80 bits per heavy atom. The number of aromatic nitrogens is 1. The molecule has 184 valence electrons. The lowest BCUT2D eigenvalue weighted by atomic mass is 9.93. The zero-order valence-electron chi connectivity index (χ0n) is 22.0. The number of rotatable bonds is 10. The molecule has 0 radical (unpaired) electrons. The number of fused-ring (bicyclic) bond motifs is 1. The molecule has 3 aromatic rings. The summed E-state index contributed by atoms with van der Waals surface area (Å²) in [6, 6.07) is 13.0. The summed E-state index contributed by atoms with van der Waals surface area (Å²) in [7, 11) is 0. The van der Waals surface area contributed by atoms with Gasteiger partial charge in [-0.15, -0.1) is 0 Å². The van der Waals surface area contributed by atoms with Crippen LogP contribution in [0.1, 0.15) is 57.4 Å². The number of aryl methyl sites for hydroxylation is 1. The van der Waals surface area contributed by atoms with Gasteiger partial charge in [-0.05, 0) is 101 Å². The minimum absolute atomic E-state index is 0.371. The quantitative estimate of drug-likeness (QED) is 0.254.